The standard InChI is InChI=1S/C17H33NO/c1-5-17(6-2)9-10-18(13-17)12-14-11-16(3,4)8-7-15(14)19/h14-15,19H,5-13H2,1-4H3. The molecule has 2 unspecified atom stereocenters. The molecule has 2 aliphatic rings. The van der Waals surface area contributed by atoms with Crippen molar-refractivity contribution in [3.05, 3.63) is 0 Å². The van der Waals surface area contributed by atoms with Gasteiger partial charge >= 0.3 is 0 Å². The minimum atomic E-state index is -0.0636. The van der Waals surface area contributed by atoms with E-state index in [1.165, 1.54) is 45.2 Å². The molecule has 1 heterocycles. The second-order valence-corrected chi connectivity index (χ2v) is 7.93. The fraction of sp³-hybridized carbons (Fsp3) is 1.00. The van der Waals surface area contributed by atoms with E-state index in [4.69, 9.17) is 0 Å². The molecule has 1 N–H and O–H groups in total. The van der Waals surface area contributed by atoms with Gasteiger partial charge < -0.3 is 10.0 Å². The highest BCUT2D eigenvalue weighted by molar-refractivity contribution is 4.92. The first-order valence-electron chi connectivity index (χ1n) is 8.30. The number of hydrogen-bond donors (Lipinski definition) is 1. The SMILES string of the molecule is CCC1(CC)CCN(CC2CC(C)(C)CCC2O)C1. The maximum atomic E-state index is 10.3. The zero-order chi connectivity index (χ0) is 14.1. The Kier molecular flexibility index (Phi) is 4.62. The molecule has 0 spiro atoms. The van der Waals surface area contributed by atoms with Crippen LogP contribution in [0.15, 0.2) is 0 Å². The number of aliphatic hydroxyl groups is 1. The lowest BCUT2D eigenvalue weighted by Gasteiger charge is -2.40. The van der Waals surface area contributed by atoms with Crippen molar-refractivity contribution in [2.45, 2.75) is 72.3 Å². The van der Waals surface area contributed by atoms with E-state index in [2.05, 4.69) is 32.6 Å². The Morgan fingerprint density at radius 2 is 1.84 bits per heavy atom. The van der Waals surface area contributed by atoms with Gasteiger partial charge in [-0.2, -0.15) is 0 Å². The van der Waals surface area contributed by atoms with E-state index in [0.717, 1.165) is 13.0 Å². The molecule has 1 aliphatic carbocycles. The van der Waals surface area contributed by atoms with Gasteiger partial charge in [0, 0.05) is 13.1 Å². The van der Waals surface area contributed by atoms with Crippen LogP contribution in [0.5, 0.6) is 0 Å². The van der Waals surface area contributed by atoms with Gasteiger partial charge in [0.2, 0.25) is 0 Å². The Labute approximate surface area is 119 Å². The van der Waals surface area contributed by atoms with E-state index in [1.54, 1.807) is 0 Å². The highest BCUT2D eigenvalue weighted by Gasteiger charge is 2.39. The quantitative estimate of drug-likeness (QED) is 0.840. The molecule has 2 atom stereocenters. The molecule has 112 valence electrons. The van der Waals surface area contributed by atoms with Crippen LogP contribution in [0.25, 0.3) is 0 Å². The van der Waals surface area contributed by atoms with E-state index in [1.807, 2.05) is 0 Å². The van der Waals surface area contributed by atoms with Gasteiger partial charge in [0.25, 0.3) is 0 Å². The largest absolute Gasteiger partial charge is 0.393 e. The van der Waals surface area contributed by atoms with Crippen molar-refractivity contribution < 1.29 is 5.11 Å². The number of likely N-dealkylation sites (tertiary alicyclic amines) is 1. The van der Waals surface area contributed by atoms with Gasteiger partial charge in [-0.05, 0) is 61.8 Å². The summed E-state index contributed by atoms with van der Waals surface area (Å²) in [6.45, 7) is 13.0. The summed E-state index contributed by atoms with van der Waals surface area (Å²) in [6, 6.07) is 0. The van der Waals surface area contributed by atoms with Crippen molar-refractivity contribution in [2.24, 2.45) is 16.7 Å². The number of rotatable bonds is 4. The first-order chi connectivity index (χ1) is 8.90. The lowest BCUT2D eigenvalue weighted by molar-refractivity contribution is 0.00579. The summed E-state index contributed by atoms with van der Waals surface area (Å²) in [4.78, 5) is 2.63. The maximum Gasteiger partial charge on any atom is 0.0581 e. The third-order valence-electron chi connectivity index (χ3n) is 5.99. The van der Waals surface area contributed by atoms with E-state index in [9.17, 15) is 5.11 Å². The predicted molar refractivity (Wildman–Crippen MR) is 81.2 cm³/mol. The highest BCUT2D eigenvalue weighted by atomic mass is 16.3. The Hall–Kier alpha value is -0.0800. The molecule has 0 bridgehead atoms. The molecule has 1 aliphatic heterocycles. The average Bonchev–Trinajstić information content (AvgIpc) is 2.78. The van der Waals surface area contributed by atoms with Gasteiger partial charge in [-0.25, -0.2) is 0 Å². The second-order valence-electron chi connectivity index (χ2n) is 7.93. The summed E-state index contributed by atoms with van der Waals surface area (Å²) >= 11 is 0. The Morgan fingerprint density at radius 3 is 2.42 bits per heavy atom. The molecule has 2 nitrogen and oxygen atoms in total. The summed E-state index contributed by atoms with van der Waals surface area (Å²) in [6.07, 6.45) is 7.27. The normalized spacial score (nSPS) is 34.6. The van der Waals surface area contributed by atoms with Crippen LogP contribution in [0, 0.1) is 16.7 Å². The molecule has 2 rings (SSSR count). The summed E-state index contributed by atoms with van der Waals surface area (Å²) in [7, 11) is 0. The second kappa shape index (κ2) is 5.73. The first kappa shape index (κ1) is 15.3. The molecule has 2 heteroatoms. The number of aliphatic hydroxyl groups excluding tert-OH is 1. The van der Waals surface area contributed by atoms with Crippen molar-refractivity contribution in [1.82, 2.24) is 4.90 Å². The topological polar surface area (TPSA) is 23.5 Å². The number of hydrogen-bond acceptors (Lipinski definition) is 2. The van der Waals surface area contributed by atoms with Crippen LogP contribution in [0.2, 0.25) is 0 Å². The van der Waals surface area contributed by atoms with Crippen molar-refractivity contribution in [3.63, 3.8) is 0 Å². The van der Waals surface area contributed by atoms with Crippen LogP contribution in [0.4, 0.5) is 0 Å². The molecule has 0 radical (unpaired) electrons. The van der Waals surface area contributed by atoms with Gasteiger partial charge in [0.05, 0.1) is 6.10 Å². The zero-order valence-electron chi connectivity index (χ0n) is 13.4. The maximum absolute atomic E-state index is 10.3. The monoisotopic (exact) mass is 267 g/mol. The van der Waals surface area contributed by atoms with Crippen molar-refractivity contribution in [2.75, 3.05) is 19.6 Å². The summed E-state index contributed by atoms with van der Waals surface area (Å²) in [5, 5.41) is 10.3. The Balaban J connectivity index is 1.91. The smallest absolute Gasteiger partial charge is 0.0581 e. The molecular weight excluding hydrogens is 234 g/mol. The summed E-state index contributed by atoms with van der Waals surface area (Å²) < 4.78 is 0. The van der Waals surface area contributed by atoms with Crippen LogP contribution >= 0.6 is 0 Å². The van der Waals surface area contributed by atoms with Crippen molar-refractivity contribution in [3.8, 4) is 0 Å². The fourth-order valence-corrected chi connectivity index (χ4v) is 4.25. The highest BCUT2D eigenvalue weighted by Crippen LogP contribution is 2.41. The first-order valence-corrected chi connectivity index (χ1v) is 8.30. The van der Waals surface area contributed by atoms with Crippen LogP contribution in [0.1, 0.15) is 66.2 Å². The van der Waals surface area contributed by atoms with Gasteiger partial charge in [0.1, 0.15) is 0 Å². The van der Waals surface area contributed by atoms with Crippen LogP contribution in [0.3, 0.4) is 0 Å². The van der Waals surface area contributed by atoms with Gasteiger partial charge in [-0.15, -0.1) is 0 Å². The Bertz CT molecular complexity index is 296. The molecule has 0 aromatic carbocycles. The third kappa shape index (κ3) is 3.52. The van der Waals surface area contributed by atoms with Crippen LogP contribution in [-0.2, 0) is 0 Å². The van der Waals surface area contributed by atoms with E-state index < -0.39 is 0 Å². The minimum Gasteiger partial charge on any atom is -0.393 e. The summed E-state index contributed by atoms with van der Waals surface area (Å²) in [5.41, 5.74) is 0.991. The molecule has 0 aromatic rings. The van der Waals surface area contributed by atoms with E-state index in [-0.39, 0.29) is 6.10 Å². The molecule has 1 saturated carbocycles. The molecule has 2 fully saturated rings. The van der Waals surface area contributed by atoms with Crippen LogP contribution < -0.4 is 0 Å². The third-order valence-corrected chi connectivity index (χ3v) is 5.99. The van der Waals surface area contributed by atoms with Gasteiger partial charge in [-0.1, -0.05) is 27.7 Å². The van der Waals surface area contributed by atoms with E-state index >= 15 is 0 Å². The average molecular weight is 267 g/mol. The van der Waals surface area contributed by atoms with Gasteiger partial charge in [0.15, 0.2) is 0 Å². The van der Waals surface area contributed by atoms with E-state index in [0.29, 0.717) is 16.7 Å². The fourth-order valence-electron chi connectivity index (χ4n) is 4.25. The zero-order valence-corrected chi connectivity index (χ0v) is 13.4. The molecule has 19 heavy (non-hydrogen) atoms. The lowest BCUT2D eigenvalue weighted by Crippen LogP contribution is -2.41. The Morgan fingerprint density at radius 1 is 1.16 bits per heavy atom. The van der Waals surface area contributed by atoms with Gasteiger partial charge in [-0.3, -0.25) is 0 Å². The molecule has 1 saturated heterocycles. The molecule has 0 aromatic heterocycles. The number of nitrogens with zero attached hydrogens (tertiary/aromatic N) is 1. The van der Waals surface area contributed by atoms with Crippen molar-refractivity contribution in [1.29, 1.82) is 0 Å². The predicted octanol–water partition coefficient (Wildman–Crippen LogP) is 3.69. The van der Waals surface area contributed by atoms with Crippen LogP contribution in [-0.4, -0.2) is 35.7 Å². The summed E-state index contributed by atoms with van der Waals surface area (Å²) in [5.74, 6) is 0.494. The molecule has 0 amide bonds. The lowest BCUT2D eigenvalue weighted by atomic mass is 9.70. The minimum absolute atomic E-state index is 0.0636. The van der Waals surface area contributed by atoms with Crippen molar-refractivity contribution >= 4 is 0 Å². The molecular formula is C17H33NO.